The van der Waals surface area contributed by atoms with E-state index in [1.165, 1.54) is 16.7 Å². The molecule has 15 heavy (non-hydrogen) atoms. The minimum Gasteiger partial charge on any atom is -0.218 e. The first-order valence-corrected chi connectivity index (χ1v) is 5.44. The molecule has 1 saturated carbocycles. The minimum absolute atomic E-state index is 0.460. The molecule has 1 aromatic carbocycles. The van der Waals surface area contributed by atoms with Crippen molar-refractivity contribution in [2.75, 3.05) is 0 Å². The summed E-state index contributed by atoms with van der Waals surface area (Å²) in [6, 6.07) is 9.81. The molecule has 0 N–H and O–H groups in total. The van der Waals surface area contributed by atoms with E-state index >= 15 is 0 Å². The van der Waals surface area contributed by atoms with E-state index in [1.807, 2.05) is 0 Å². The second kappa shape index (κ2) is 2.30. The number of fused-ring (bicyclic) bond motifs is 6. The van der Waals surface area contributed by atoms with Crippen LogP contribution in [0.4, 0.5) is 0 Å². The quantitative estimate of drug-likeness (QED) is 0.441. The smallest absolute Gasteiger partial charge is 0.198 e. The van der Waals surface area contributed by atoms with Gasteiger partial charge in [0.1, 0.15) is 0 Å². The van der Waals surface area contributed by atoms with Crippen LogP contribution in [0.5, 0.6) is 0 Å². The van der Waals surface area contributed by atoms with Crippen molar-refractivity contribution < 1.29 is 4.58 Å². The molecule has 0 spiro atoms. The van der Waals surface area contributed by atoms with E-state index in [2.05, 4.69) is 53.8 Å². The van der Waals surface area contributed by atoms with Crippen LogP contribution >= 0.6 is 0 Å². The van der Waals surface area contributed by atoms with Gasteiger partial charge in [0.2, 0.25) is 0 Å². The first-order valence-electron chi connectivity index (χ1n) is 5.44. The van der Waals surface area contributed by atoms with Crippen LogP contribution in [0.1, 0.15) is 23.1 Å². The van der Waals surface area contributed by atoms with Gasteiger partial charge in [0, 0.05) is 17.2 Å². The summed E-state index contributed by atoms with van der Waals surface area (Å²) in [6.45, 7) is 4.18. The summed E-state index contributed by atoms with van der Waals surface area (Å²) in [6.07, 6.45) is 6.65. The van der Waals surface area contributed by atoms with E-state index in [-0.39, 0.29) is 0 Å². The number of benzene rings is 1. The lowest BCUT2D eigenvalue weighted by Gasteiger charge is -2.17. The lowest BCUT2D eigenvalue weighted by molar-refractivity contribution is -0.566. The maximum Gasteiger partial charge on any atom is 0.198 e. The Morgan fingerprint density at radius 3 is 2.80 bits per heavy atom. The fourth-order valence-corrected chi connectivity index (χ4v) is 3.07. The Hall–Kier alpha value is -1.63. The van der Waals surface area contributed by atoms with Crippen LogP contribution in [0.15, 0.2) is 48.6 Å². The van der Waals surface area contributed by atoms with Gasteiger partial charge in [0.25, 0.3) is 0 Å². The van der Waals surface area contributed by atoms with Gasteiger partial charge in [-0.3, -0.25) is 0 Å². The van der Waals surface area contributed by atoms with E-state index in [1.54, 1.807) is 0 Å². The zero-order valence-corrected chi connectivity index (χ0v) is 8.43. The Morgan fingerprint density at radius 2 is 1.93 bits per heavy atom. The molecule has 0 saturated heterocycles. The van der Waals surface area contributed by atoms with Crippen molar-refractivity contribution in [3.63, 3.8) is 0 Å². The average Bonchev–Trinajstić information content (AvgIpc) is 2.77. The maximum atomic E-state index is 4.18. The van der Waals surface area contributed by atoms with E-state index in [9.17, 15) is 0 Å². The highest BCUT2D eigenvalue weighted by Crippen LogP contribution is 2.56. The number of hydrogen-bond acceptors (Lipinski definition) is 0. The molecule has 0 bridgehead atoms. The molecular formula is C14H12N+. The van der Waals surface area contributed by atoms with Crippen molar-refractivity contribution in [1.29, 1.82) is 0 Å². The van der Waals surface area contributed by atoms with Crippen LogP contribution in [0.3, 0.4) is 0 Å². The van der Waals surface area contributed by atoms with Crippen molar-refractivity contribution in [2.45, 2.75) is 18.0 Å². The molecule has 72 valence electrons. The highest BCUT2D eigenvalue weighted by atomic mass is 15.1. The molecule has 1 heteroatoms. The second-order valence-corrected chi connectivity index (χ2v) is 4.55. The normalized spacial score (nSPS) is 34.3. The zero-order valence-electron chi connectivity index (χ0n) is 8.43. The van der Waals surface area contributed by atoms with E-state index in [0.717, 1.165) is 0 Å². The van der Waals surface area contributed by atoms with Crippen LogP contribution in [-0.2, 0) is 0 Å². The van der Waals surface area contributed by atoms with Crippen LogP contribution in [-0.4, -0.2) is 16.8 Å². The lowest BCUT2D eigenvalue weighted by Crippen LogP contribution is -2.23. The van der Waals surface area contributed by atoms with Gasteiger partial charge in [-0.05, 0) is 11.6 Å². The molecule has 3 aliphatic rings. The summed E-state index contributed by atoms with van der Waals surface area (Å²) in [5.41, 5.74) is 4.33. The molecule has 1 fully saturated rings. The number of allylic oxidation sites excluding steroid dienone is 1. The van der Waals surface area contributed by atoms with E-state index in [0.29, 0.717) is 18.0 Å². The lowest BCUT2D eigenvalue weighted by atomic mass is 9.94. The van der Waals surface area contributed by atoms with E-state index in [4.69, 9.17) is 0 Å². The Balaban J connectivity index is 2.02. The molecule has 3 atom stereocenters. The van der Waals surface area contributed by atoms with Gasteiger partial charge >= 0.3 is 0 Å². The van der Waals surface area contributed by atoms with Crippen molar-refractivity contribution in [2.24, 2.45) is 0 Å². The van der Waals surface area contributed by atoms with Gasteiger partial charge in [-0.15, -0.1) is 0 Å². The summed E-state index contributed by atoms with van der Waals surface area (Å²) < 4.78 is 2.44. The largest absolute Gasteiger partial charge is 0.218 e. The van der Waals surface area contributed by atoms with Crippen molar-refractivity contribution in [3.8, 4) is 0 Å². The molecule has 1 nitrogen and oxygen atoms in total. The van der Waals surface area contributed by atoms with Gasteiger partial charge in [0.05, 0.1) is 5.92 Å². The SMILES string of the molecule is C=C1C2c3ccccc3C3C=CC=[N+]3C12. The average molecular weight is 194 g/mol. The highest BCUT2D eigenvalue weighted by molar-refractivity contribution is 5.71. The monoisotopic (exact) mass is 194 g/mol. The summed E-state index contributed by atoms with van der Waals surface area (Å²) in [7, 11) is 0. The number of nitrogens with zero attached hydrogens (tertiary/aromatic N) is 1. The summed E-state index contributed by atoms with van der Waals surface area (Å²) >= 11 is 0. The maximum absolute atomic E-state index is 4.18. The molecule has 1 aliphatic carbocycles. The molecule has 0 radical (unpaired) electrons. The first kappa shape index (κ1) is 7.63. The van der Waals surface area contributed by atoms with Crippen LogP contribution < -0.4 is 0 Å². The van der Waals surface area contributed by atoms with Gasteiger partial charge in [0.15, 0.2) is 18.3 Å². The molecule has 0 amide bonds. The minimum atomic E-state index is 0.460. The molecule has 2 aliphatic heterocycles. The van der Waals surface area contributed by atoms with Gasteiger partial charge in [-0.25, -0.2) is 4.58 Å². The Morgan fingerprint density at radius 1 is 1.13 bits per heavy atom. The number of hydrogen-bond donors (Lipinski definition) is 0. The van der Waals surface area contributed by atoms with Crippen molar-refractivity contribution >= 4 is 6.21 Å². The van der Waals surface area contributed by atoms with E-state index < -0.39 is 0 Å². The van der Waals surface area contributed by atoms with Gasteiger partial charge in [-0.2, -0.15) is 0 Å². The molecule has 3 unspecified atom stereocenters. The summed E-state index contributed by atoms with van der Waals surface area (Å²) in [5, 5.41) is 0. The topological polar surface area (TPSA) is 3.01 Å². The predicted octanol–water partition coefficient (Wildman–Crippen LogP) is 2.42. The van der Waals surface area contributed by atoms with Crippen molar-refractivity contribution in [3.05, 3.63) is 59.7 Å². The predicted molar refractivity (Wildman–Crippen MR) is 60.3 cm³/mol. The fraction of sp³-hybridized carbons (Fsp3) is 0.214. The van der Waals surface area contributed by atoms with Gasteiger partial charge < -0.3 is 0 Å². The zero-order chi connectivity index (χ0) is 9.99. The molecule has 2 heterocycles. The third-order valence-corrected chi connectivity index (χ3v) is 3.83. The molecule has 1 aromatic rings. The third kappa shape index (κ3) is 0.777. The standard InChI is InChI=1S/C14H12N/c1-9-13-11-6-3-2-5-10(11)12-7-4-8-15(12)14(9)13/h2-8,12-14H,1H2/q+1. The van der Waals surface area contributed by atoms with Gasteiger partial charge in [-0.1, -0.05) is 30.8 Å². The molecule has 4 rings (SSSR count). The van der Waals surface area contributed by atoms with Crippen molar-refractivity contribution in [1.82, 2.24) is 0 Å². The Bertz CT molecular complexity index is 536. The fourth-order valence-electron chi connectivity index (χ4n) is 3.07. The third-order valence-electron chi connectivity index (χ3n) is 3.83. The molecule has 0 aromatic heterocycles. The summed E-state index contributed by atoms with van der Waals surface area (Å²) in [4.78, 5) is 0. The molecular weight excluding hydrogens is 182 g/mol. The van der Waals surface area contributed by atoms with Crippen LogP contribution in [0.2, 0.25) is 0 Å². The summed E-state index contributed by atoms with van der Waals surface area (Å²) in [5.74, 6) is 0.591. The van der Waals surface area contributed by atoms with Crippen LogP contribution in [0.25, 0.3) is 0 Å². The number of rotatable bonds is 0. The Kier molecular flexibility index (Phi) is 1.17. The van der Waals surface area contributed by atoms with Crippen LogP contribution in [0, 0.1) is 0 Å². The highest BCUT2D eigenvalue weighted by Gasteiger charge is 2.59. The second-order valence-electron chi connectivity index (χ2n) is 4.55. The Labute approximate surface area is 89.1 Å². The first-order chi connectivity index (χ1) is 7.38.